The van der Waals surface area contributed by atoms with Crippen molar-refractivity contribution in [1.82, 2.24) is 10.3 Å². The first-order chi connectivity index (χ1) is 12.0. The third kappa shape index (κ3) is 3.80. The summed E-state index contributed by atoms with van der Waals surface area (Å²) < 4.78 is 13.9. The second kappa shape index (κ2) is 7.45. The monoisotopic (exact) mass is 423 g/mol. The van der Waals surface area contributed by atoms with Crippen molar-refractivity contribution < 1.29 is 14.3 Å². The van der Waals surface area contributed by atoms with E-state index in [0.29, 0.717) is 34.4 Å². The molecule has 1 unspecified atom stereocenters. The molecule has 5 nitrogen and oxygen atoms in total. The minimum absolute atomic E-state index is 0.178. The molecule has 1 aromatic heterocycles. The fourth-order valence-electron chi connectivity index (χ4n) is 2.71. The second-order valence-electron chi connectivity index (χ2n) is 5.42. The zero-order valence-corrected chi connectivity index (χ0v) is 15.7. The number of nitrogens with one attached hydrogen (secondary N) is 1. The fourth-order valence-corrected chi connectivity index (χ4v) is 3.89. The van der Waals surface area contributed by atoms with E-state index in [-0.39, 0.29) is 5.57 Å². The molecule has 0 amide bonds. The van der Waals surface area contributed by atoms with Crippen molar-refractivity contribution in [1.29, 1.82) is 0 Å². The molecule has 2 aromatic rings. The Labute approximate surface area is 156 Å². The number of aromatic nitrogens is 1. The number of benzene rings is 1. The maximum Gasteiger partial charge on any atom is 0.335 e. The molecule has 0 aliphatic carbocycles. The van der Waals surface area contributed by atoms with Crippen LogP contribution in [0.15, 0.2) is 50.5 Å². The molecule has 3 rings (SSSR count). The molecule has 1 atom stereocenters. The van der Waals surface area contributed by atoms with E-state index in [9.17, 15) is 14.3 Å². The molecular weight excluding hydrogens is 409 g/mol. The number of hydrogen-bond donors (Lipinski definition) is 2. The van der Waals surface area contributed by atoms with Crippen LogP contribution in [0, 0.1) is 5.82 Å². The molecule has 1 aliphatic rings. The first-order valence-electron chi connectivity index (χ1n) is 7.63. The number of allylic oxidation sites excluding steroid dienone is 1. The highest BCUT2D eigenvalue weighted by molar-refractivity contribution is 9.10. The first kappa shape index (κ1) is 17.8. The van der Waals surface area contributed by atoms with Crippen molar-refractivity contribution in [2.24, 2.45) is 4.99 Å². The van der Waals surface area contributed by atoms with Crippen molar-refractivity contribution in [3.63, 3.8) is 0 Å². The van der Waals surface area contributed by atoms with E-state index in [4.69, 9.17) is 0 Å². The fraction of sp³-hybridized carbons (Fsp3) is 0.235. The summed E-state index contributed by atoms with van der Waals surface area (Å²) in [4.78, 5) is 20.7. The lowest BCUT2D eigenvalue weighted by molar-refractivity contribution is -0.133. The molecular formula is C17H15BrFN3O2S. The first-order valence-corrected chi connectivity index (χ1v) is 9.30. The van der Waals surface area contributed by atoms with Crippen LogP contribution in [0.1, 0.15) is 30.0 Å². The Morgan fingerprint density at radius 1 is 1.48 bits per heavy atom. The summed E-state index contributed by atoms with van der Waals surface area (Å²) in [6, 6.07) is 3.48. The van der Waals surface area contributed by atoms with Crippen LogP contribution in [0.25, 0.3) is 0 Å². The summed E-state index contributed by atoms with van der Waals surface area (Å²) >= 11 is 4.84. The standard InChI is InChI=1S/C17H15BrFN3O2S/c1-2-12-15(17(23)24)16(10-4-3-9(19)7-11(10)18)22-13(21-12)8-14-20-5-6-25-14/h3-7,16H,2,8H2,1H3,(H,21,22)(H,23,24). The van der Waals surface area contributed by atoms with Gasteiger partial charge in [0.1, 0.15) is 17.7 Å². The van der Waals surface area contributed by atoms with Crippen LogP contribution in [0.2, 0.25) is 0 Å². The van der Waals surface area contributed by atoms with Gasteiger partial charge < -0.3 is 10.4 Å². The van der Waals surface area contributed by atoms with Gasteiger partial charge in [-0.25, -0.2) is 14.2 Å². The molecule has 0 bridgehead atoms. The van der Waals surface area contributed by atoms with Crippen molar-refractivity contribution in [3.05, 3.63) is 61.9 Å². The summed E-state index contributed by atoms with van der Waals surface area (Å²) in [6.45, 7) is 1.88. The summed E-state index contributed by atoms with van der Waals surface area (Å²) in [5.41, 5.74) is 1.40. The normalized spacial score (nSPS) is 17.2. The average Bonchev–Trinajstić information content (AvgIpc) is 3.06. The summed E-state index contributed by atoms with van der Waals surface area (Å²) in [6.07, 6.45) is 2.73. The largest absolute Gasteiger partial charge is 0.478 e. The van der Waals surface area contributed by atoms with E-state index in [1.807, 2.05) is 12.3 Å². The van der Waals surface area contributed by atoms with Crippen molar-refractivity contribution >= 4 is 39.1 Å². The molecule has 25 heavy (non-hydrogen) atoms. The molecule has 2 N–H and O–H groups in total. The Kier molecular flexibility index (Phi) is 5.29. The topological polar surface area (TPSA) is 74.6 Å². The van der Waals surface area contributed by atoms with Crippen molar-refractivity contribution in [3.8, 4) is 0 Å². The minimum atomic E-state index is -1.04. The Morgan fingerprint density at radius 2 is 2.28 bits per heavy atom. The Bertz CT molecular complexity index is 865. The zero-order valence-electron chi connectivity index (χ0n) is 13.3. The molecule has 0 radical (unpaired) electrons. The molecule has 130 valence electrons. The highest BCUT2D eigenvalue weighted by Crippen LogP contribution is 2.36. The summed E-state index contributed by atoms with van der Waals surface area (Å²) in [7, 11) is 0. The Balaban J connectivity index is 2.07. The van der Waals surface area contributed by atoms with Gasteiger partial charge in [-0.2, -0.15) is 0 Å². The summed E-state index contributed by atoms with van der Waals surface area (Å²) in [5.74, 6) is -0.784. The Morgan fingerprint density at radius 3 is 2.88 bits per heavy atom. The smallest absolute Gasteiger partial charge is 0.335 e. The number of halogens is 2. The number of hydrogen-bond acceptors (Lipinski definition) is 5. The van der Waals surface area contributed by atoms with E-state index in [1.165, 1.54) is 23.5 Å². The second-order valence-corrected chi connectivity index (χ2v) is 7.26. The van der Waals surface area contributed by atoms with Crippen LogP contribution in [-0.4, -0.2) is 21.9 Å². The third-order valence-electron chi connectivity index (χ3n) is 3.82. The van der Waals surface area contributed by atoms with E-state index >= 15 is 0 Å². The van der Waals surface area contributed by atoms with Crippen LogP contribution < -0.4 is 5.32 Å². The molecule has 0 saturated carbocycles. The predicted octanol–water partition coefficient (Wildman–Crippen LogP) is 4.08. The van der Waals surface area contributed by atoms with Crippen molar-refractivity contribution in [2.45, 2.75) is 25.8 Å². The lowest BCUT2D eigenvalue weighted by Gasteiger charge is -2.26. The molecule has 2 heterocycles. The van der Waals surface area contributed by atoms with Gasteiger partial charge in [-0.05, 0) is 24.1 Å². The number of thiazole rings is 1. The average molecular weight is 424 g/mol. The molecule has 0 saturated heterocycles. The number of rotatable bonds is 5. The van der Waals surface area contributed by atoms with Crippen LogP contribution in [0.5, 0.6) is 0 Å². The highest BCUT2D eigenvalue weighted by Gasteiger charge is 2.31. The Hall–Kier alpha value is -2.06. The van der Waals surface area contributed by atoms with Crippen molar-refractivity contribution in [2.75, 3.05) is 0 Å². The van der Waals surface area contributed by atoms with Gasteiger partial charge in [0.15, 0.2) is 0 Å². The summed E-state index contributed by atoms with van der Waals surface area (Å²) in [5, 5.41) is 15.6. The van der Waals surface area contributed by atoms with Gasteiger partial charge in [0.2, 0.25) is 0 Å². The number of carboxylic acids is 1. The molecule has 1 aliphatic heterocycles. The van der Waals surface area contributed by atoms with Gasteiger partial charge in [0.25, 0.3) is 0 Å². The quantitative estimate of drug-likeness (QED) is 0.759. The lowest BCUT2D eigenvalue weighted by Crippen LogP contribution is -2.33. The van der Waals surface area contributed by atoms with E-state index in [1.54, 1.807) is 12.3 Å². The van der Waals surface area contributed by atoms with E-state index in [2.05, 4.69) is 31.2 Å². The zero-order chi connectivity index (χ0) is 18.0. The molecule has 1 aromatic carbocycles. The van der Waals surface area contributed by atoms with Crippen LogP contribution in [0.3, 0.4) is 0 Å². The molecule has 8 heteroatoms. The van der Waals surface area contributed by atoms with Gasteiger partial charge in [-0.3, -0.25) is 4.99 Å². The highest BCUT2D eigenvalue weighted by atomic mass is 79.9. The van der Waals surface area contributed by atoms with Gasteiger partial charge in [-0.1, -0.05) is 28.9 Å². The predicted molar refractivity (Wildman–Crippen MR) is 98.2 cm³/mol. The third-order valence-corrected chi connectivity index (χ3v) is 5.29. The SMILES string of the molecule is CCC1=C(C(=O)O)C(c2ccc(F)cc2Br)N=C(Cc2nccs2)N1. The number of carbonyl (C=O) groups is 1. The van der Waals surface area contributed by atoms with E-state index < -0.39 is 17.8 Å². The number of aliphatic carboxylic acids is 1. The number of amidine groups is 1. The number of carboxylic acid groups (broad SMARTS) is 1. The van der Waals surface area contributed by atoms with Gasteiger partial charge in [0.05, 0.1) is 17.0 Å². The van der Waals surface area contributed by atoms with Gasteiger partial charge in [0, 0.05) is 21.7 Å². The molecule has 0 fully saturated rings. The lowest BCUT2D eigenvalue weighted by atomic mass is 9.94. The van der Waals surface area contributed by atoms with E-state index in [0.717, 1.165) is 5.01 Å². The number of nitrogens with zero attached hydrogens (tertiary/aromatic N) is 2. The minimum Gasteiger partial charge on any atom is -0.478 e. The van der Waals surface area contributed by atoms with Crippen LogP contribution >= 0.6 is 27.3 Å². The van der Waals surface area contributed by atoms with Crippen LogP contribution in [-0.2, 0) is 11.2 Å². The maximum atomic E-state index is 13.4. The van der Waals surface area contributed by atoms with Crippen LogP contribution in [0.4, 0.5) is 4.39 Å². The number of aliphatic imine (C=N–C) groups is 1. The van der Waals surface area contributed by atoms with Gasteiger partial charge >= 0.3 is 5.97 Å². The van der Waals surface area contributed by atoms with Gasteiger partial charge in [-0.15, -0.1) is 11.3 Å². The molecule has 0 spiro atoms. The maximum absolute atomic E-state index is 13.4.